The Kier molecular flexibility index (Phi) is 6.48. The number of carbonyl (C=O) groups is 1. The van der Waals surface area contributed by atoms with Crippen molar-refractivity contribution in [2.24, 2.45) is 5.92 Å². The predicted octanol–water partition coefficient (Wildman–Crippen LogP) is 4.69. The minimum atomic E-state index is -2.16. The van der Waals surface area contributed by atoms with E-state index in [2.05, 4.69) is 5.32 Å². The summed E-state index contributed by atoms with van der Waals surface area (Å²) in [5, 5.41) is 2.81. The number of amides is 1. The first kappa shape index (κ1) is 21.9. The van der Waals surface area contributed by atoms with Crippen molar-refractivity contribution in [2.45, 2.75) is 20.3 Å². The minimum absolute atomic E-state index is 0.0748. The van der Waals surface area contributed by atoms with E-state index in [9.17, 15) is 26.7 Å². The van der Waals surface area contributed by atoms with Crippen LogP contribution in [0.5, 0.6) is 0 Å². The molecule has 0 bridgehead atoms. The van der Waals surface area contributed by atoms with Crippen LogP contribution in [0.2, 0.25) is 0 Å². The molecule has 0 aliphatic carbocycles. The van der Waals surface area contributed by atoms with Crippen LogP contribution >= 0.6 is 0 Å². The van der Waals surface area contributed by atoms with E-state index in [4.69, 9.17) is 0 Å². The average molecular weight is 427 g/mol. The van der Waals surface area contributed by atoms with E-state index in [0.717, 1.165) is 10.6 Å². The van der Waals surface area contributed by atoms with Crippen LogP contribution in [-0.2, 0) is 4.79 Å². The molecule has 1 aliphatic rings. The van der Waals surface area contributed by atoms with Crippen molar-refractivity contribution in [3.8, 4) is 0 Å². The van der Waals surface area contributed by atoms with Crippen molar-refractivity contribution in [2.75, 3.05) is 41.3 Å². The van der Waals surface area contributed by atoms with Gasteiger partial charge in [-0.2, -0.15) is 0 Å². The highest BCUT2D eigenvalue weighted by molar-refractivity contribution is 5.91. The summed E-state index contributed by atoms with van der Waals surface area (Å²) in [5.74, 6) is -9.51. The zero-order valence-electron chi connectivity index (χ0n) is 16.6. The number of halogens is 5. The summed E-state index contributed by atoms with van der Waals surface area (Å²) in [6.07, 6.45) is 0.418. The van der Waals surface area contributed by atoms with Crippen LogP contribution in [0.4, 0.5) is 39.0 Å². The Morgan fingerprint density at radius 3 is 1.80 bits per heavy atom. The molecule has 2 aromatic rings. The van der Waals surface area contributed by atoms with Gasteiger partial charge in [0.1, 0.15) is 5.69 Å². The number of nitrogens with zero attached hydrogens (tertiary/aromatic N) is 2. The van der Waals surface area contributed by atoms with Crippen molar-refractivity contribution >= 4 is 23.0 Å². The van der Waals surface area contributed by atoms with Crippen LogP contribution in [0.15, 0.2) is 24.3 Å². The Balaban J connectivity index is 1.66. The molecule has 1 heterocycles. The minimum Gasteiger partial charge on any atom is -0.368 e. The number of anilines is 3. The van der Waals surface area contributed by atoms with Gasteiger partial charge in [0, 0.05) is 44.0 Å². The van der Waals surface area contributed by atoms with Crippen LogP contribution in [0.25, 0.3) is 0 Å². The Morgan fingerprint density at radius 1 is 0.833 bits per heavy atom. The Bertz CT molecular complexity index is 896. The first-order valence-electron chi connectivity index (χ1n) is 9.60. The summed E-state index contributed by atoms with van der Waals surface area (Å²) in [6.45, 7) is 4.75. The Hall–Kier alpha value is -2.84. The van der Waals surface area contributed by atoms with Gasteiger partial charge in [-0.3, -0.25) is 4.79 Å². The molecular weight excluding hydrogens is 405 g/mol. The quantitative estimate of drug-likeness (QED) is 0.427. The maximum atomic E-state index is 14.0. The summed E-state index contributed by atoms with van der Waals surface area (Å²) in [4.78, 5) is 14.9. The van der Waals surface area contributed by atoms with Gasteiger partial charge in [-0.1, -0.05) is 13.8 Å². The number of nitrogens with one attached hydrogen (secondary N) is 1. The lowest BCUT2D eigenvalue weighted by atomic mass is 10.1. The number of piperazine rings is 1. The van der Waals surface area contributed by atoms with Gasteiger partial charge < -0.3 is 15.1 Å². The summed E-state index contributed by atoms with van der Waals surface area (Å²) < 4.78 is 68.2. The third-order valence-corrected chi connectivity index (χ3v) is 4.89. The van der Waals surface area contributed by atoms with Gasteiger partial charge in [0.25, 0.3) is 0 Å². The zero-order chi connectivity index (χ0) is 22.0. The molecule has 0 saturated carbocycles. The highest BCUT2D eigenvalue weighted by atomic mass is 19.2. The third-order valence-electron chi connectivity index (χ3n) is 4.89. The molecule has 1 amide bonds. The normalized spacial score (nSPS) is 14.4. The second kappa shape index (κ2) is 8.89. The standard InChI is InChI=1S/C21H22F5N3O/c1-12(2)11-15(30)27-13-3-5-14(6-4-13)28-7-9-29(10-8-28)21-19(25)17(23)16(22)18(24)20(21)26/h3-6,12H,7-11H2,1-2H3,(H,27,30). The van der Waals surface area contributed by atoms with Crippen LogP contribution in [0, 0.1) is 35.0 Å². The fraction of sp³-hybridized carbons (Fsp3) is 0.381. The number of rotatable bonds is 5. The van der Waals surface area contributed by atoms with Crippen molar-refractivity contribution in [3.05, 3.63) is 53.4 Å². The molecule has 0 spiro atoms. The molecule has 9 heteroatoms. The Labute approximate surface area is 171 Å². The molecule has 1 fully saturated rings. The van der Waals surface area contributed by atoms with Crippen LogP contribution < -0.4 is 15.1 Å². The van der Waals surface area contributed by atoms with E-state index >= 15 is 0 Å². The first-order valence-corrected chi connectivity index (χ1v) is 9.60. The van der Waals surface area contributed by atoms with Crippen LogP contribution in [-0.4, -0.2) is 32.1 Å². The van der Waals surface area contributed by atoms with Gasteiger partial charge in [-0.05, 0) is 30.2 Å². The fourth-order valence-electron chi connectivity index (χ4n) is 3.40. The van der Waals surface area contributed by atoms with Crippen molar-refractivity contribution in [3.63, 3.8) is 0 Å². The lowest BCUT2D eigenvalue weighted by molar-refractivity contribution is -0.116. The smallest absolute Gasteiger partial charge is 0.224 e. The maximum Gasteiger partial charge on any atom is 0.224 e. The van der Waals surface area contributed by atoms with Gasteiger partial charge >= 0.3 is 0 Å². The molecule has 0 radical (unpaired) electrons. The van der Waals surface area contributed by atoms with Crippen molar-refractivity contribution < 1.29 is 26.7 Å². The molecule has 0 unspecified atom stereocenters. The largest absolute Gasteiger partial charge is 0.368 e. The molecule has 1 aliphatic heterocycles. The number of hydrogen-bond donors (Lipinski definition) is 1. The second-order valence-corrected chi connectivity index (χ2v) is 7.59. The average Bonchev–Trinajstić information content (AvgIpc) is 2.71. The monoisotopic (exact) mass is 427 g/mol. The first-order chi connectivity index (χ1) is 14.2. The van der Waals surface area contributed by atoms with Gasteiger partial charge in [0.05, 0.1) is 0 Å². The van der Waals surface area contributed by atoms with Crippen molar-refractivity contribution in [1.29, 1.82) is 0 Å². The topological polar surface area (TPSA) is 35.6 Å². The van der Waals surface area contributed by atoms with Crippen molar-refractivity contribution in [1.82, 2.24) is 0 Å². The van der Waals surface area contributed by atoms with E-state index in [0.29, 0.717) is 25.2 Å². The fourth-order valence-corrected chi connectivity index (χ4v) is 3.40. The molecule has 0 atom stereocenters. The number of carbonyl (C=O) groups excluding carboxylic acids is 1. The van der Waals surface area contributed by atoms with Crippen LogP contribution in [0.1, 0.15) is 20.3 Å². The third kappa shape index (κ3) is 4.49. The number of benzene rings is 2. The molecule has 162 valence electrons. The van der Waals surface area contributed by atoms with Gasteiger partial charge in [0.15, 0.2) is 23.3 Å². The maximum absolute atomic E-state index is 14.0. The molecule has 1 saturated heterocycles. The predicted molar refractivity (Wildman–Crippen MR) is 105 cm³/mol. The van der Waals surface area contributed by atoms with Gasteiger partial charge in [-0.15, -0.1) is 0 Å². The van der Waals surface area contributed by atoms with Crippen LogP contribution in [0.3, 0.4) is 0 Å². The molecule has 1 N–H and O–H groups in total. The molecule has 0 aromatic heterocycles. The van der Waals surface area contributed by atoms with Gasteiger partial charge in [0.2, 0.25) is 11.7 Å². The Morgan fingerprint density at radius 2 is 1.30 bits per heavy atom. The molecular formula is C21H22F5N3O. The van der Waals surface area contributed by atoms with Gasteiger partial charge in [-0.25, -0.2) is 22.0 Å². The molecule has 2 aromatic carbocycles. The summed E-state index contributed by atoms with van der Waals surface area (Å²) in [6, 6.07) is 7.12. The highest BCUT2D eigenvalue weighted by Gasteiger charge is 2.30. The second-order valence-electron chi connectivity index (χ2n) is 7.59. The summed E-state index contributed by atoms with van der Waals surface area (Å²) in [5.41, 5.74) is 0.590. The zero-order valence-corrected chi connectivity index (χ0v) is 16.6. The van der Waals surface area contributed by atoms with E-state index < -0.39 is 34.8 Å². The molecule has 30 heavy (non-hydrogen) atoms. The summed E-state index contributed by atoms with van der Waals surface area (Å²) >= 11 is 0. The number of hydrogen-bond acceptors (Lipinski definition) is 3. The SMILES string of the molecule is CC(C)CC(=O)Nc1ccc(N2CCN(c3c(F)c(F)c(F)c(F)c3F)CC2)cc1. The highest BCUT2D eigenvalue weighted by Crippen LogP contribution is 2.31. The lowest BCUT2D eigenvalue weighted by Crippen LogP contribution is -2.47. The van der Waals surface area contributed by atoms with E-state index in [1.54, 1.807) is 24.3 Å². The van der Waals surface area contributed by atoms with E-state index in [1.807, 2.05) is 18.7 Å². The summed E-state index contributed by atoms with van der Waals surface area (Å²) in [7, 11) is 0. The molecule has 3 rings (SSSR count). The van der Waals surface area contributed by atoms with E-state index in [1.165, 1.54) is 0 Å². The van der Waals surface area contributed by atoms with E-state index in [-0.39, 0.29) is 24.9 Å². The lowest BCUT2D eigenvalue weighted by Gasteiger charge is -2.37. The molecule has 4 nitrogen and oxygen atoms in total.